The van der Waals surface area contributed by atoms with Crippen LogP contribution in [0.15, 0.2) is 122 Å². The van der Waals surface area contributed by atoms with Crippen LogP contribution in [-0.4, -0.2) is 95.9 Å². The lowest BCUT2D eigenvalue weighted by Gasteiger charge is -2.21. The number of phosphoric acid groups is 2. The Morgan fingerprint density at radius 2 is 0.515 bits per heavy atom. The molecule has 0 spiro atoms. The predicted octanol–water partition coefficient (Wildman–Crippen LogP) is 24.1. The number of phosphoric ester groups is 2. The van der Waals surface area contributed by atoms with Crippen LogP contribution in [0.1, 0.15) is 342 Å². The molecule has 594 valence electrons. The van der Waals surface area contributed by atoms with Crippen LogP contribution in [0, 0.1) is 0 Å². The highest BCUT2D eigenvalue weighted by Crippen LogP contribution is 2.45. The number of unbranched alkanes of at least 4 members (excludes halogenated alkanes) is 34. The van der Waals surface area contributed by atoms with Gasteiger partial charge in [0.25, 0.3) is 0 Å². The minimum absolute atomic E-state index is 0.0922. The Balaban J connectivity index is 4.57. The molecule has 0 aliphatic carbocycles. The summed E-state index contributed by atoms with van der Waals surface area (Å²) < 4.78 is 61.2. The van der Waals surface area contributed by atoms with Gasteiger partial charge in [-0.2, -0.15) is 0 Å². The number of esters is 3. The van der Waals surface area contributed by atoms with Crippen LogP contribution < -0.4 is 0 Å². The topological polar surface area (TPSA) is 231 Å². The van der Waals surface area contributed by atoms with Crippen molar-refractivity contribution in [3.05, 3.63) is 122 Å². The maximum Gasteiger partial charge on any atom is 0.472 e. The third kappa shape index (κ3) is 78.8. The van der Waals surface area contributed by atoms with Gasteiger partial charge in [-0.05, 0) is 135 Å². The third-order valence-electron chi connectivity index (χ3n) is 17.1. The molecule has 0 aromatic heterocycles. The molecule has 16 nitrogen and oxygen atoms in total. The van der Waals surface area contributed by atoms with E-state index in [2.05, 4.69) is 142 Å². The molecule has 0 heterocycles. The van der Waals surface area contributed by atoms with Gasteiger partial charge in [0.15, 0.2) is 6.10 Å². The van der Waals surface area contributed by atoms with Gasteiger partial charge in [0.05, 0.1) is 26.4 Å². The summed E-state index contributed by atoms with van der Waals surface area (Å²) in [6.45, 7) is 2.55. The first-order valence-electron chi connectivity index (χ1n) is 40.8. The summed E-state index contributed by atoms with van der Waals surface area (Å²) in [5.41, 5.74) is 0. The maximum atomic E-state index is 13.0. The second-order valence-corrected chi connectivity index (χ2v) is 30.1. The highest BCUT2D eigenvalue weighted by Gasteiger charge is 2.29. The Morgan fingerprint density at radius 1 is 0.282 bits per heavy atom. The molecular formula is C85H148O16P2. The number of rotatable bonds is 77. The van der Waals surface area contributed by atoms with Gasteiger partial charge in [0.1, 0.15) is 25.4 Å². The van der Waals surface area contributed by atoms with E-state index in [1.165, 1.54) is 135 Å². The molecule has 0 aromatic carbocycles. The Kier molecular flexibility index (Phi) is 74.5. The highest BCUT2D eigenvalue weighted by atomic mass is 31.2. The molecule has 103 heavy (non-hydrogen) atoms. The van der Waals surface area contributed by atoms with Crippen LogP contribution in [0.5, 0.6) is 0 Å². The van der Waals surface area contributed by atoms with Crippen LogP contribution in [0.25, 0.3) is 0 Å². The smallest absolute Gasteiger partial charge is 0.463 e. The van der Waals surface area contributed by atoms with E-state index in [0.29, 0.717) is 19.3 Å². The normalized spacial score (nSPS) is 14.6. The van der Waals surface area contributed by atoms with Crippen LogP contribution in [0.2, 0.25) is 0 Å². The second-order valence-electron chi connectivity index (χ2n) is 27.2. The van der Waals surface area contributed by atoms with E-state index in [1.54, 1.807) is 0 Å². The van der Waals surface area contributed by atoms with Crippen molar-refractivity contribution in [2.45, 2.75) is 360 Å². The fraction of sp³-hybridized carbons (Fsp3) is 0.729. The molecule has 0 radical (unpaired) electrons. The average molecular weight is 1490 g/mol. The minimum atomic E-state index is -4.94. The summed E-state index contributed by atoms with van der Waals surface area (Å²) in [6, 6.07) is 0. The molecule has 5 atom stereocenters. The van der Waals surface area contributed by atoms with Crippen molar-refractivity contribution in [1.82, 2.24) is 0 Å². The van der Waals surface area contributed by atoms with E-state index in [1.807, 2.05) is 0 Å². The average Bonchev–Trinajstić information content (AvgIpc) is 0.918. The van der Waals surface area contributed by atoms with E-state index in [4.69, 9.17) is 32.3 Å². The Hall–Kier alpha value is -4.05. The first kappa shape index (κ1) is 98.9. The number of allylic oxidation sites excluding steroid dienone is 20. The van der Waals surface area contributed by atoms with Crippen LogP contribution in [-0.2, 0) is 55.8 Å². The molecule has 5 unspecified atom stereocenters. The van der Waals surface area contributed by atoms with Gasteiger partial charge in [0, 0.05) is 19.3 Å². The molecule has 0 rings (SSSR count). The first-order chi connectivity index (χ1) is 50.2. The van der Waals surface area contributed by atoms with E-state index in [9.17, 15) is 43.5 Å². The van der Waals surface area contributed by atoms with Gasteiger partial charge in [-0.15, -0.1) is 0 Å². The van der Waals surface area contributed by atoms with Gasteiger partial charge in [-0.3, -0.25) is 32.5 Å². The molecular weight excluding hydrogens is 1340 g/mol. The van der Waals surface area contributed by atoms with Crippen LogP contribution in [0.3, 0.4) is 0 Å². The lowest BCUT2D eigenvalue weighted by Crippen LogP contribution is -2.30. The predicted molar refractivity (Wildman–Crippen MR) is 427 cm³/mol. The number of hydrogen-bond acceptors (Lipinski definition) is 14. The summed E-state index contributed by atoms with van der Waals surface area (Å²) in [5.74, 6) is -1.59. The Morgan fingerprint density at radius 3 is 0.845 bits per heavy atom. The number of aliphatic hydroxyl groups excluding tert-OH is 2. The van der Waals surface area contributed by atoms with E-state index in [-0.39, 0.29) is 19.3 Å². The fourth-order valence-electron chi connectivity index (χ4n) is 10.9. The Bertz CT molecular complexity index is 2360. The minimum Gasteiger partial charge on any atom is -0.463 e. The second kappa shape index (κ2) is 77.6. The van der Waals surface area contributed by atoms with Crippen LogP contribution in [0.4, 0.5) is 0 Å². The summed E-state index contributed by atoms with van der Waals surface area (Å²) in [5, 5.41) is 20.7. The summed E-state index contributed by atoms with van der Waals surface area (Å²) in [4.78, 5) is 58.7. The SMILES string of the molecule is CC/C=C\C/C=C\C/C=C\C/C=C\C/C=C\CCCCCCCCCCCC(=O)OCC(COP(=O)(O)OCC(O)COP(=O)(O)OCC(O)COC(=O)CCCCCCCCCCCCC/C=C\C/C=C\C/C=C\C/C=C\CCCCC)OC(=O)CCCCCCC/C=C\CCCCCCCC. The molecule has 0 bridgehead atoms. The molecule has 0 aliphatic heterocycles. The van der Waals surface area contributed by atoms with Gasteiger partial charge < -0.3 is 34.2 Å². The summed E-state index contributed by atoms with van der Waals surface area (Å²) >= 11 is 0. The standard InChI is InChI=1S/C85H148O16P2/c1-4-7-10-13-16-19-22-25-28-30-32-34-36-38-39-41-43-44-46-48-51-53-56-59-62-65-68-71-83(88)95-74-80(86)75-97-102(91,92)98-76-81(87)77-99-103(93,94)100-79-82(101-85(90)73-70-67-64-61-58-55-50-27-24-21-18-15-12-9-6-3)78-96-84(89)72-69-66-63-60-57-54-52-49-47-45-42-40-37-35-33-31-29-26-23-20-17-14-11-8-5-2/h8,11,16-17,19-20,25-29,32-35,38-40,42,50,80-82,86-87H,4-7,9-10,12-15,18,21-24,30-31,36-37,41,43-49,51-79H2,1-3H3,(H,91,92)(H,93,94)/b11-8-,19-16-,20-17-,28-25-,29-26-,34-32-,35-33-,39-38-,42-40-,50-27-. The molecule has 0 aromatic rings. The lowest BCUT2D eigenvalue weighted by atomic mass is 10.0. The molecule has 0 fully saturated rings. The van der Waals surface area contributed by atoms with Crippen molar-refractivity contribution < 1.29 is 75.8 Å². The third-order valence-corrected chi connectivity index (χ3v) is 19.0. The van der Waals surface area contributed by atoms with E-state index < -0.39 is 91.5 Å². The van der Waals surface area contributed by atoms with Crippen molar-refractivity contribution in [3.8, 4) is 0 Å². The lowest BCUT2D eigenvalue weighted by molar-refractivity contribution is -0.161. The molecule has 0 amide bonds. The summed E-state index contributed by atoms with van der Waals surface area (Å²) in [6.07, 6.45) is 92.4. The van der Waals surface area contributed by atoms with Gasteiger partial charge in [-0.1, -0.05) is 309 Å². The Labute approximate surface area is 627 Å². The number of carbonyl (C=O) groups excluding carboxylic acids is 3. The van der Waals surface area contributed by atoms with Gasteiger partial charge in [0.2, 0.25) is 0 Å². The zero-order chi connectivity index (χ0) is 75.2. The van der Waals surface area contributed by atoms with Crippen LogP contribution >= 0.6 is 15.6 Å². The zero-order valence-electron chi connectivity index (χ0n) is 65.0. The van der Waals surface area contributed by atoms with Crippen molar-refractivity contribution in [3.63, 3.8) is 0 Å². The fourth-order valence-corrected chi connectivity index (χ4v) is 12.5. The maximum absolute atomic E-state index is 13.0. The number of carbonyl (C=O) groups is 3. The van der Waals surface area contributed by atoms with Gasteiger partial charge >= 0.3 is 33.6 Å². The molecule has 4 N–H and O–H groups in total. The van der Waals surface area contributed by atoms with E-state index in [0.717, 1.165) is 148 Å². The van der Waals surface area contributed by atoms with Crippen molar-refractivity contribution in [1.29, 1.82) is 0 Å². The van der Waals surface area contributed by atoms with E-state index >= 15 is 0 Å². The zero-order valence-corrected chi connectivity index (χ0v) is 66.7. The van der Waals surface area contributed by atoms with Gasteiger partial charge in [-0.25, -0.2) is 9.13 Å². The molecule has 18 heteroatoms. The monoisotopic (exact) mass is 1490 g/mol. The summed E-state index contributed by atoms with van der Waals surface area (Å²) in [7, 11) is -9.80. The first-order valence-corrected chi connectivity index (χ1v) is 43.8. The molecule has 0 saturated heterocycles. The molecule has 0 aliphatic rings. The largest absolute Gasteiger partial charge is 0.472 e. The van der Waals surface area contributed by atoms with Crippen molar-refractivity contribution in [2.75, 3.05) is 39.6 Å². The van der Waals surface area contributed by atoms with Crippen molar-refractivity contribution in [2.24, 2.45) is 0 Å². The number of hydrogen-bond donors (Lipinski definition) is 4. The molecule has 0 saturated carbocycles. The number of ether oxygens (including phenoxy) is 3. The van der Waals surface area contributed by atoms with Crippen molar-refractivity contribution >= 4 is 33.6 Å². The quantitative estimate of drug-likeness (QED) is 0.0146. The number of aliphatic hydroxyl groups is 2. The highest BCUT2D eigenvalue weighted by molar-refractivity contribution is 7.47.